The second-order valence-electron chi connectivity index (χ2n) is 3.61. The molecular weight excluding hydrogens is 188 g/mol. The van der Waals surface area contributed by atoms with Gasteiger partial charge in [0.25, 0.3) is 0 Å². The molecule has 0 spiro atoms. The molecule has 0 saturated carbocycles. The molecular formula is C8H18N2O2S. The lowest BCUT2D eigenvalue weighted by molar-refractivity contribution is 0.132. The van der Waals surface area contributed by atoms with E-state index in [-0.39, 0.29) is 22.3 Å². The summed E-state index contributed by atoms with van der Waals surface area (Å²) in [6, 6.07) is -0.268. The van der Waals surface area contributed by atoms with Crippen LogP contribution in [0.15, 0.2) is 4.36 Å². The van der Waals surface area contributed by atoms with Crippen molar-refractivity contribution in [3.63, 3.8) is 0 Å². The van der Waals surface area contributed by atoms with Crippen LogP contribution >= 0.6 is 0 Å². The van der Waals surface area contributed by atoms with Crippen LogP contribution in [0.5, 0.6) is 0 Å². The summed E-state index contributed by atoms with van der Waals surface area (Å²) in [4.78, 5) is 11.2. The molecule has 0 bridgehead atoms. The Morgan fingerprint density at radius 2 is 2.08 bits per heavy atom. The zero-order valence-corrected chi connectivity index (χ0v) is 9.70. The Morgan fingerprint density at radius 1 is 1.54 bits per heavy atom. The number of carbonyl (C=O) groups is 1. The minimum absolute atomic E-state index is 0.212. The molecule has 13 heavy (non-hydrogen) atoms. The molecule has 0 aromatic heterocycles. The normalized spacial score (nSPS) is 11.5. The van der Waals surface area contributed by atoms with E-state index >= 15 is 0 Å². The molecule has 0 aliphatic carbocycles. The Hall–Kier alpha value is -0.420. The number of ether oxygens (including phenoxy) is 1. The number of nitrogens with one attached hydrogen (secondary N) is 1. The Bertz CT molecular complexity index is 210. The van der Waals surface area contributed by atoms with Crippen molar-refractivity contribution in [1.29, 1.82) is 0 Å². The Morgan fingerprint density at radius 3 is 2.46 bits per heavy atom. The van der Waals surface area contributed by atoms with E-state index in [1.807, 2.05) is 26.4 Å². The van der Waals surface area contributed by atoms with Gasteiger partial charge in [0.2, 0.25) is 0 Å². The summed E-state index contributed by atoms with van der Waals surface area (Å²) in [7, 11) is 1.39. The maximum absolute atomic E-state index is 11.2. The number of carbonyl (C=O) groups excluding carboxylic acids is 1. The molecule has 5 heteroatoms. The van der Waals surface area contributed by atoms with Crippen LogP contribution in [-0.2, 0) is 15.4 Å². The number of rotatable bonds is 3. The van der Waals surface area contributed by atoms with Crippen molar-refractivity contribution in [2.45, 2.75) is 19.4 Å². The first-order valence-electron chi connectivity index (χ1n) is 3.98. The van der Waals surface area contributed by atoms with E-state index in [1.165, 1.54) is 0 Å². The van der Waals surface area contributed by atoms with Crippen LogP contribution in [0.25, 0.3) is 0 Å². The standard InChI is InChI=1S/C8H18N2O2S/c1-8(2,6-12-3)9-7(11)10-13(4)5/h6H2,1-5H3,(H,9,11). The van der Waals surface area contributed by atoms with E-state index < -0.39 is 0 Å². The lowest BCUT2D eigenvalue weighted by Gasteiger charge is -2.23. The van der Waals surface area contributed by atoms with Gasteiger partial charge in [-0.1, -0.05) is 10.7 Å². The summed E-state index contributed by atoms with van der Waals surface area (Å²) in [6.07, 6.45) is 3.78. The Kier molecular flexibility index (Phi) is 5.17. The van der Waals surface area contributed by atoms with E-state index in [2.05, 4.69) is 9.68 Å². The molecule has 2 amide bonds. The molecule has 0 unspecified atom stereocenters. The van der Waals surface area contributed by atoms with E-state index in [1.54, 1.807) is 7.11 Å². The van der Waals surface area contributed by atoms with Crippen molar-refractivity contribution < 1.29 is 9.53 Å². The molecule has 0 aliphatic rings. The van der Waals surface area contributed by atoms with Gasteiger partial charge in [-0.25, -0.2) is 4.79 Å². The van der Waals surface area contributed by atoms with E-state index in [0.29, 0.717) is 6.61 Å². The smallest absolute Gasteiger partial charge is 0.347 e. The molecule has 0 fully saturated rings. The predicted molar refractivity (Wildman–Crippen MR) is 56.1 cm³/mol. The second kappa shape index (κ2) is 5.34. The lowest BCUT2D eigenvalue weighted by Crippen LogP contribution is -2.45. The number of amides is 2. The van der Waals surface area contributed by atoms with Crippen molar-refractivity contribution >= 4 is 16.7 Å². The van der Waals surface area contributed by atoms with Crippen LogP contribution in [0.1, 0.15) is 13.8 Å². The van der Waals surface area contributed by atoms with Gasteiger partial charge in [-0.15, -0.1) is 0 Å². The fourth-order valence-corrected chi connectivity index (χ4v) is 1.25. The van der Waals surface area contributed by atoms with Crippen LogP contribution in [0.2, 0.25) is 0 Å². The fourth-order valence-electron chi connectivity index (χ4n) is 0.875. The van der Waals surface area contributed by atoms with Gasteiger partial charge in [0.1, 0.15) is 0 Å². The first-order valence-corrected chi connectivity index (χ1v) is 5.98. The fraction of sp³-hybridized carbons (Fsp3) is 0.875. The van der Waals surface area contributed by atoms with E-state index in [9.17, 15) is 4.79 Å². The highest BCUT2D eigenvalue weighted by Crippen LogP contribution is 2.02. The van der Waals surface area contributed by atoms with E-state index in [0.717, 1.165) is 0 Å². The SMILES string of the molecule is COCC(C)(C)NC(=O)N=S(C)C. The molecule has 4 nitrogen and oxygen atoms in total. The summed E-state index contributed by atoms with van der Waals surface area (Å²) in [6.45, 7) is 4.27. The monoisotopic (exact) mass is 206 g/mol. The first-order chi connectivity index (χ1) is 5.87. The van der Waals surface area contributed by atoms with Gasteiger partial charge in [-0.3, -0.25) is 0 Å². The van der Waals surface area contributed by atoms with Gasteiger partial charge >= 0.3 is 6.03 Å². The topological polar surface area (TPSA) is 50.7 Å². The third-order valence-corrected chi connectivity index (χ3v) is 1.75. The van der Waals surface area contributed by atoms with Crippen LogP contribution in [-0.4, -0.2) is 37.8 Å². The maximum atomic E-state index is 11.2. The zero-order valence-electron chi connectivity index (χ0n) is 8.88. The van der Waals surface area contributed by atoms with Gasteiger partial charge in [-0.2, -0.15) is 4.36 Å². The molecule has 0 rings (SSSR count). The van der Waals surface area contributed by atoms with Gasteiger partial charge in [0, 0.05) is 7.11 Å². The highest BCUT2D eigenvalue weighted by Gasteiger charge is 2.19. The van der Waals surface area contributed by atoms with Crippen molar-refractivity contribution in [3.8, 4) is 0 Å². The van der Waals surface area contributed by atoms with Crippen LogP contribution in [0.4, 0.5) is 4.79 Å². The van der Waals surface area contributed by atoms with Crippen LogP contribution in [0.3, 0.4) is 0 Å². The summed E-state index contributed by atoms with van der Waals surface area (Å²) >= 11 is 0. The van der Waals surface area contributed by atoms with Crippen molar-refractivity contribution in [1.82, 2.24) is 5.32 Å². The molecule has 0 atom stereocenters. The number of hydrogen-bond acceptors (Lipinski definition) is 2. The van der Waals surface area contributed by atoms with Gasteiger partial charge < -0.3 is 10.1 Å². The summed E-state index contributed by atoms with van der Waals surface area (Å²) < 4.78 is 8.83. The summed E-state index contributed by atoms with van der Waals surface area (Å²) in [5, 5.41) is 2.76. The van der Waals surface area contributed by atoms with Gasteiger partial charge in [-0.05, 0) is 26.4 Å². The first kappa shape index (κ1) is 12.6. The average molecular weight is 206 g/mol. The highest BCUT2D eigenvalue weighted by molar-refractivity contribution is 7.86. The summed E-state index contributed by atoms with van der Waals surface area (Å²) in [5.41, 5.74) is -0.352. The third kappa shape index (κ3) is 6.72. The quantitative estimate of drug-likeness (QED) is 0.754. The van der Waals surface area contributed by atoms with Crippen molar-refractivity contribution in [3.05, 3.63) is 0 Å². The molecule has 78 valence electrons. The molecule has 0 aliphatic heterocycles. The molecule has 0 aromatic carbocycles. The summed E-state index contributed by atoms with van der Waals surface area (Å²) in [5.74, 6) is 0. The second-order valence-corrected chi connectivity index (χ2v) is 5.34. The predicted octanol–water partition coefficient (Wildman–Crippen LogP) is 1.18. The lowest BCUT2D eigenvalue weighted by atomic mass is 10.1. The van der Waals surface area contributed by atoms with Crippen LogP contribution in [0, 0.1) is 0 Å². The molecule has 0 saturated heterocycles. The molecule has 0 heterocycles. The number of methoxy groups -OCH3 is 1. The average Bonchev–Trinajstić information content (AvgIpc) is 1.81. The largest absolute Gasteiger partial charge is 0.382 e. The Labute approximate surface area is 82.1 Å². The molecule has 1 N–H and O–H groups in total. The minimum Gasteiger partial charge on any atom is -0.382 e. The molecule has 0 radical (unpaired) electrons. The third-order valence-electron chi connectivity index (χ3n) is 1.22. The number of urea groups is 1. The number of nitrogens with zero attached hydrogens (tertiary/aromatic N) is 1. The van der Waals surface area contributed by atoms with Gasteiger partial charge in [0.15, 0.2) is 0 Å². The van der Waals surface area contributed by atoms with Crippen molar-refractivity contribution in [2.24, 2.45) is 4.36 Å². The zero-order chi connectivity index (χ0) is 10.5. The number of hydrogen-bond donors (Lipinski definition) is 1. The minimum atomic E-state index is -0.352. The van der Waals surface area contributed by atoms with Gasteiger partial charge in [0.05, 0.1) is 12.1 Å². The van der Waals surface area contributed by atoms with Crippen molar-refractivity contribution in [2.75, 3.05) is 26.2 Å². The van der Waals surface area contributed by atoms with E-state index in [4.69, 9.17) is 4.74 Å². The van der Waals surface area contributed by atoms with Crippen LogP contribution < -0.4 is 5.32 Å². The Balaban J connectivity index is 4.12. The maximum Gasteiger partial charge on any atom is 0.347 e. The highest BCUT2D eigenvalue weighted by atomic mass is 32.2. The molecule has 0 aromatic rings.